The predicted molar refractivity (Wildman–Crippen MR) is 75.1 cm³/mol. The molecule has 0 N–H and O–H groups in total. The van der Waals surface area contributed by atoms with Crippen LogP contribution in [-0.4, -0.2) is 23.9 Å². The number of nitrogens with zero attached hydrogens (tertiary/aromatic N) is 1. The van der Waals surface area contributed by atoms with E-state index in [1.54, 1.807) is 6.92 Å². The maximum absolute atomic E-state index is 13.8. The van der Waals surface area contributed by atoms with E-state index in [4.69, 9.17) is 0 Å². The third-order valence-corrected chi connectivity index (χ3v) is 3.58. The molecule has 0 saturated carbocycles. The fraction of sp³-hybridized carbons (Fsp3) is 0.500. The molecule has 5 heteroatoms. The van der Waals surface area contributed by atoms with E-state index in [0.29, 0.717) is 19.0 Å². The fourth-order valence-electron chi connectivity index (χ4n) is 1.77. The Balaban J connectivity index is 3.04. The maximum atomic E-state index is 13.8. The first-order valence-corrected chi connectivity index (χ1v) is 7.13. The number of carbonyl (C=O) groups excluding carboxylic acids is 1. The summed E-state index contributed by atoms with van der Waals surface area (Å²) < 4.78 is 27.8. The van der Waals surface area contributed by atoms with Gasteiger partial charge in [-0.1, -0.05) is 36.2 Å². The van der Waals surface area contributed by atoms with E-state index in [1.807, 2.05) is 13.8 Å². The Morgan fingerprint density at radius 3 is 2.26 bits per heavy atom. The first-order chi connectivity index (χ1) is 8.90. The van der Waals surface area contributed by atoms with Crippen molar-refractivity contribution in [3.63, 3.8) is 0 Å². The van der Waals surface area contributed by atoms with Crippen molar-refractivity contribution in [1.82, 2.24) is 4.90 Å². The second kappa shape index (κ2) is 6.98. The molecule has 2 nitrogen and oxygen atoms in total. The maximum Gasteiger partial charge on any atom is 0.259 e. The standard InChI is InChI=1S/C14H18BrF2NO/c1-4-9(3)8-18(5-2)14(19)13-11(16)6-10(15)7-12(13)17/h6-7,9H,4-5,8H2,1-3H3. The van der Waals surface area contributed by atoms with Crippen LogP contribution in [0.3, 0.4) is 0 Å². The lowest BCUT2D eigenvalue weighted by Gasteiger charge is -2.24. The van der Waals surface area contributed by atoms with Gasteiger partial charge in [0.1, 0.15) is 17.2 Å². The lowest BCUT2D eigenvalue weighted by molar-refractivity contribution is 0.0731. The van der Waals surface area contributed by atoms with Gasteiger partial charge in [0, 0.05) is 17.6 Å². The van der Waals surface area contributed by atoms with Gasteiger partial charge in [-0.3, -0.25) is 4.79 Å². The highest BCUT2D eigenvalue weighted by molar-refractivity contribution is 9.10. The van der Waals surface area contributed by atoms with Crippen molar-refractivity contribution in [3.8, 4) is 0 Å². The summed E-state index contributed by atoms with van der Waals surface area (Å²) in [6, 6.07) is 2.21. The van der Waals surface area contributed by atoms with Crippen molar-refractivity contribution in [3.05, 3.63) is 33.8 Å². The second-order valence-corrected chi connectivity index (χ2v) is 5.52. The molecule has 1 rings (SSSR count). The number of halogens is 3. The van der Waals surface area contributed by atoms with Crippen molar-refractivity contribution in [1.29, 1.82) is 0 Å². The topological polar surface area (TPSA) is 20.3 Å². The van der Waals surface area contributed by atoms with Gasteiger partial charge >= 0.3 is 0 Å². The van der Waals surface area contributed by atoms with Crippen LogP contribution in [-0.2, 0) is 0 Å². The molecule has 0 heterocycles. The van der Waals surface area contributed by atoms with Crippen LogP contribution in [0.25, 0.3) is 0 Å². The summed E-state index contributed by atoms with van der Waals surface area (Å²) in [5.74, 6) is -1.96. The average molecular weight is 334 g/mol. The molecule has 1 aromatic rings. The summed E-state index contributed by atoms with van der Waals surface area (Å²) in [6.07, 6.45) is 0.912. The summed E-state index contributed by atoms with van der Waals surface area (Å²) >= 11 is 3.00. The Kier molecular flexibility index (Phi) is 5.91. The van der Waals surface area contributed by atoms with Crippen molar-refractivity contribution in [2.45, 2.75) is 27.2 Å². The molecule has 0 saturated heterocycles. The minimum Gasteiger partial charge on any atom is -0.338 e. The van der Waals surface area contributed by atoms with Crippen molar-refractivity contribution < 1.29 is 13.6 Å². The van der Waals surface area contributed by atoms with Gasteiger partial charge in [0.15, 0.2) is 0 Å². The first kappa shape index (κ1) is 16.1. The largest absolute Gasteiger partial charge is 0.338 e. The van der Waals surface area contributed by atoms with E-state index in [9.17, 15) is 13.6 Å². The molecule has 1 aromatic carbocycles. The van der Waals surface area contributed by atoms with Crippen molar-refractivity contribution >= 4 is 21.8 Å². The SMILES string of the molecule is CCC(C)CN(CC)C(=O)c1c(F)cc(Br)cc1F. The molecular formula is C14H18BrF2NO. The van der Waals surface area contributed by atoms with Gasteiger partial charge < -0.3 is 4.90 Å². The lowest BCUT2D eigenvalue weighted by atomic mass is 10.1. The first-order valence-electron chi connectivity index (χ1n) is 6.34. The minimum absolute atomic E-state index is 0.282. The monoisotopic (exact) mass is 333 g/mol. The molecule has 1 amide bonds. The van der Waals surface area contributed by atoms with Crippen molar-refractivity contribution in [2.24, 2.45) is 5.92 Å². The third kappa shape index (κ3) is 4.00. The van der Waals surface area contributed by atoms with Gasteiger partial charge in [0.25, 0.3) is 5.91 Å². The van der Waals surface area contributed by atoms with Gasteiger partial charge in [-0.2, -0.15) is 0 Å². The molecular weight excluding hydrogens is 316 g/mol. The molecule has 1 atom stereocenters. The van der Waals surface area contributed by atoms with E-state index >= 15 is 0 Å². The number of carbonyl (C=O) groups is 1. The second-order valence-electron chi connectivity index (χ2n) is 4.60. The molecule has 0 aliphatic heterocycles. The highest BCUT2D eigenvalue weighted by atomic mass is 79.9. The molecule has 0 aromatic heterocycles. The quantitative estimate of drug-likeness (QED) is 0.789. The van der Waals surface area contributed by atoms with Gasteiger partial charge in [-0.05, 0) is 25.0 Å². The van der Waals surface area contributed by atoms with Crippen LogP contribution in [0.4, 0.5) is 8.78 Å². The zero-order valence-corrected chi connectivity index (χ0v) is 12.9. The normalized spacial score (nSPS) is 12.3. The van der Waals surface area contributed by atoms with Crippen LogP contribution in [0, 0.1) is 17.6 Å². The third-order valence-electron chi connectivity index (χ3n) is 3.12. The van der Waals surface area contributed by atoms with Crippen molar-refractivity contribution in [2.75, 3.05) is 13.1 Å². The number of hydrogen-bond donors (Lipinski definition) is 0. The minimum atomic E-state index is -0.834. The molecule has 0 spiro atoms. The molecule has 106 valence electrons. The Morgan fingerprint density at radius 2 is 1.84 bits per heavy atom. The van der Waals surface area contributed by atoms with E-state index in [0.717, 1.165) is 18.6 Å². The Morgan fingerprint density at radius 1 is 1.32 bits per heavy atom. The molecule has 0 bridgehead atoms. The summed E-state index contributed by atoms with van der Waals surface area (Å²) in [6.45, 7) is 6.75. The lowest BCUT2D eigenvalue weighted by Crippen LogP contribution is -2.35. The van der Waals surface area contributed by atoms with Gasteiger partial charge in [0.05, 0.1) is 0 Å². The number of rotatable bonds is 5. The molecule has 19 heavy (non-hydrogen) atoms. The van der Waals surface area contributed by atoms with Crippen LogP contribution < -0.4 is 0 Å². The van der Waals surface area contributed by atoms with E-state index in [2.05, 4.69) is 15.9 Å². The van der Waals surface area contributed by atoms with Gasteiger partial charge in [-0.25, -0.2) is 8.78 Å². The molecule has 1 unspecified atom stereocenters. The van der Waals surface area contributed by atoms with Crippen LogP contribution in [0.5, 0.6) is 0 Å². The van der Waals surface area contributed by atoms with Crippen LogP contribution in [0.15, 0.2) is 16.6 Å². The highest BCUT2D eigenvalue weighted by Gasteiger charge is 2.23. The van der Waals surface area contributed by atoms with Gasteiger partial charge in [0.2, 0.25) is 0 Å². The number of amides is 1. The Hall–Kier alpha value is -0.970. The highest BCUT2D eigenvalue weighted by Crippen LogP contribution is 2.21. The molecule has 0 aliphatic rings. The van der Waals surface area contributed by atoms with Crippen LogP contribution >= 0.6 is 15.9 Å². The number of hydrogen-bond acceptors (Lipinski definition) is 1. The summed E-state index contributed by atoms with van der Waals surface area (Å²) in [4.78, 5) is 13.7. The van der Waals surface area contributed by atoms with Gasteiger partial charge in [-0.15, -0.1) is 0 Å². The predicted octanol–water partition coefficient (Wildman–Crippen LogP) is 4.24. The molecule has 0 aliphatic carbocycles. The average Bonchev–Trinajstić information content (AvgIpc) is 2.33. The van der Waals surface area contributed by atoms with E-state index < -0.39 is 23.1 Å². The van der Waals surface area contributed by atoms with Crippen LogP contribution in [0.1, 0.15) is 37.6 Å². The molecule has 0 radical (unpaired) electrons. The fourth-order valence-corrected chi connectivity index (χ4v) is 2.17. The smallest absolute Gasteiger partial charge is 0.259 e. The van der Waals surface area contributed by atoms with E-state index in [-0.39, 0.29) is 4.47 Å². The zero-order valence-electron chi connectivity index (χ0n) is 11.3. The summed E-state index contributed by atoms with van der Waals surface area (Å²) in [5, 5.41) is 0. The molecule has 0 fully saturated rings. The Bertz CT molecular complexity index is 442. The van der Waals surface area contributed by atoms with E-state index in [1.165, 1.54) is 4.90 Å². The number of benzene rings is 1. The zero-order chi connectivity index (χ0) is 14.6. The Labute approximate surface area is 120 Å². The summed E-state index contributed by atoms with van der Waals surface area (Å²) in [5.41, 5.74) is -0.478. The summed E-state index contributed by atoms with van der Waals surface area (Å²) in [7, 11) is 0. The van der Waals surface area contributed by atoms with Crippen LogP contribution in [0.2, 0.25) is 0 Å².